The molecule has 9 nitrogen and oxygen atoms in total. The molecular formula is C64H121N2O7P. The number of esters is 1. The van der Waals surface area contributed by atoms with Crippen molar-refractivity contribution in [2.75, 3.05) is 40.9 Å². The van der Waals surface area contributed by atoms with Crippen LogP contribution in [0.1, 0.15) is 297 Å². The van der Waals surface area contributed by atoms with Crippen molar-refractivity contribution in [2.24, 2.45) is 0 Å². The molecule has 0 radical (unpaired) electrons. The number of rotatable bonds is 57. The maximum Gasteiger partial charge on any atom is 0.306 e. The number of nitrogens with zero attached hydrogens (tertiary/aromatic N) is 1. The van der Waals surface area contributed by atoms with Gasteiger partial charge in [-0.1, -0.05) is 243 Å². The number of nitrogens with one attached hydrogen (secondary N) is 1. The minimum atomic E-state index is -4.70. The van der Waals surface area contributed by atoms with E-state index in [1.165, 1.54) is 180 Å². The van der Waals surface area contributed by atoms with Crippen LogP contribution in [0.5, 0.6) is 0 Å². The zero-order valence-electron chi connectivity index (χ0n) is 49.6. The fraction of sp³-hybridized carbons (Fsp3) is 0.844. The number of hydrogen-bond donors (Lipinski definition) is 1. The number of allylic oxidation sites excluding steroid dienone is 7. The average Bonchev–Trinajstić information content (AvgIpc) is 3.36. The molecule has 0 aliphatic carbocycles. The summed E-state index contributed by atoms with van der Waals surface area (Å²) in [4.78, 5) is 40.0. The van der Waals surface area contributed by atoms with Crippen LogP contribution >= 0.6 is 7.82 Å². The van der Waals surface area contributed by atoms with E-state index in [1.54, 1.807) is 0 Å². The Kier molecular flexibility index (Phi) is 52.8. The molecule has 0 aliphatic heterocycles. The van der Waals surface area contributed by atoms with Crippen molar-refractivity contribution in [3.8, 4) is 0 Å². The Balaban J connectivity index is 5.18. The molecule has 1 amide bonds. The van der Waals surface area contributed by atoms with E-state index >= 15 is 0 Å². The van der Waals surface area contributed by atoms with Gasteiger partial charge in [0.1, 0.15) is 19.3 Å². The highest BCUT2D eigenvalue weighted by Crippen LogP contribution is 2.38. The molecule has 434 valence electrons. The maximum absolute atomic E-state index is 13.5. The number of quaternary nitrogens is 1. The highest BCUT2D eigenvalue weighted by Gasteiger charge is 2.27. The fourth-order valence-electron chi connectivity index (χ4n) is 9.08. The number of phosphoric ester groups is 1. The molecule has 74 heavy (non-hydrogen) atoms. The van der Waals surface area contributed by atoms with Gasteiger partial charge in [-0.3, -0.25) is 14.2 Å². The third-order valence-corrected chi connectivity index (χ3v) is 14.9. The second-order valence-electron chi connectivity index (χ2n) is 22.6. The summed E-state index contributed by atoms with van der Waals surface area (Å²) >= 11 is 0. The third-order valence-electron chi connectivity index (χ3n) is 14.0. The lowest BCUT2D eigenvalue weighted by molar-refractivity contribution is -0.870. The highest BCUT2D eigenvalue weighted by atomic mass is 31.2. The number of carbonyl (C=O) groups excluding carboxylic acids is 2. The number of carbonyl (C=O) groups is 2. The monoisotopic (exact) mass is 1060 g/mol. The molecule has 0 aromatic carbocycles. The zero-order chi connectivity index (χ0) is 54.3. The predicted octanol–water partition coefficient (Wildman–Crippen LogP) is 18.6. The third kappa shape index (κ3) is 54.7. The Morgan fingerprint density at radius 1 is 0.473 bits per heavy atom. The van der Waals surface area contributed by atoms with Gasteiger partial charge in [0.15, 0.2) is 0 Å². The summed E-state index contributed by atoms with van der Waals surface area (Å²) in [6, 6.07) is -0.892. The molecule has 10 heteroatoms. The molecule has 0 saturated carbocycles. The Bertz CT molecular complexity index is 1410. The van der Waals surface area contributed by atoms with Gasteiger partial charge in [0, 0.05) is 12.8 Å². The smallest absolute Gasteiger partial charge is 0.306 e. The molecule has 0 bridgehead atoms. The van der Waals surface area contributed by atoms with Crippen molar-refractivity contribution in [2.45, 2.75) is 309 Å². The van der Waals surface area contributed by atoms with Crippen LogP contribution in [0.3, 0.4) is 0 Å². The number of hydrogen-bond acceptors (Lipinski definition) is 7. The van der Waals surface area contributed by atoms with E-state index < -0.39 is 26.6 Å². The summed E-state index contributed by atoms with van der Waals surface area (Å²) in [5.41, 5.74) is 0. The highest BCUT2D eigenvalue weighted by molar-refractivity contribution is 7.45. The molecule has 0 saturated heterocycles. The second-order valence-corrected chi connectivity index (χ2v) is 24.0. The minimum Gasteiger partial charge on any atom is -0.756 e. The number of phosphoric acid groups is 1. The number of likely N-dealkylation sites (N-methyl/N-ethyl adjacent to an activating group) is 1. The van der Waals surface area contributed by atoms with Crippen LogP contribution in [0.2, 0.25) is 0 Å². The van der Waals surface area contributed by atoms with E-state index in [0.717, 1.165) is 83.5 Å². The first-order valence-corrected chi connectivity index (χ1v) is 32.9. The lowest BCUT2D eigenvalue weighted by atomic mass is 10.0. The average molecular weight is 1060 g/mol. The van der Waals surface area contributed by atoms with Crippen molar-refractivity contribution in [3.63, 3.8) is 0 Å². The maximum atomic E-state index is 13.5. The van der Waals surface area contributed by atoms with Crippen LogP contribution in [-0.2, 0) is 27.9 Å². The SMILES string of the molecule is CCCCC/C=C\C/C=C\CCCCCCCCCCCCCC(=O)OC(/C=C/CCCCCCCCCCC)C(COP(=O)([O-])OCC[N+](C)(C)C)NC(=O)CCCCCCC/C=C/CCCCCCCCC. The van der Waals surface area contributed by atoms with Gasteiger partial charge >= 0.3 is 5.97 Å². The van der Waals surface area contributed by atoms with Gasteiger partial charge in [-0.15, -0.1) is 0 Å². The first kappa shape index (κ1) is 72.0. The summed E-state index contributed by atoms with van der Waals surface area (Å²) in [5, 5.41) is 3.02. The molecule has 0 heterocycles. The van der Waals surface area contributed by atoms with Gasteiger partial charge < -0.3 is 28.5 Å². The van der Waals surface area contributed by atoms with E-state index in [0.29, 0.717) is 17.4 Å². The molecule has 0 aliphatic rings. The molecule has 0 aromatic rings. The molecule has 0 fully saturated rings. The summed E-state index contributed by atoms with van der Waals surface area (Å²) in [5.74, 6) is -0.545. The molecule has 3 unspecified atom stereocenters. The van der Waals surface area contributed by atoms with E-state index in [1.807, 2.05) is 33.3 Å². The number of unbranched alkanes of at least 4 members (excludes halogenated alkanes) is 35. The van der Waals surface area contributed by atoms with E-state index in [4.69, 9.17) is 13.8 Å². The molecule has 1 N–H and O–H groups in total. The standard InChI is InChI=1S/C64H121N2O7P/c1-7-10-13-16-19-22-25-27-29-31-32-33-34-35-37-39-42-45-48-51-54-57-64(68)73-62(55-52-49-46-43-40-24-21-18-15-12-9-3)61(60-72-74(69,70)71-59-58-66(4,5)6)65-63(67)56-53-50-47-44-41-38-36-30-28-26-23-20-17-14-11-8-2/h19,22,27,29-30,36,52,55,61-62H,7-18,20-21,23-26,28,31-35,37-51,53-54,56-60H2,1-6H3,(H-,65,67,69,70)/b22-19-,29-27-,36-30+,55-52+. The van der Waals surface area contributed by atoms with Gasteiger partial charge in [0.05, 0.1) is 33.8 Å². The normalized spacial score (nSPS) is 14.0. The summed E-state index contributed by atoms with van der Waals surface area (Å²) in [6.07, 6.45) is 66.5. The summed E-state index contributed by atoms with van der Waals surface area (Å²) in [7, 11) is 1.18. The molecule has 0 spiro atoms. The Labute approximate surface area is 458 Å². The predicted molar refractivity (Wildman–Crippen MR) is 316 cm³/mol. The van der Waals surface area contributed by atoms with Crippen molar-refractivity contribution < 1.29 is 37.3 Å². The van der Waals surface area contributed by atoms with E-state index in [2.05, 4.69) is 62.5 Å². The van der Waals surface area contributed by atoms with Crippen molar-refractivity contribution >= 4 is 19.7 Å². The van der Waals surface area contributed by atoms with Crippen LogP contribution in [0.25, 0.3) is 0 Å². The lowest BCUT2D eigenvalue weighted by Crippen LogP contribution is -2.47. The van der Waals surface area contributed by atoms with Crippen LogP contribution in [0, 0.1) is 0 Å². The van der Waals surface area contributed by atoms with Crippen LogP contribution in [0.4, 0.5) is 0 Å². The van der Waals surface area contributed by atoms with Crippen LogP contribution in [-0.4, -0.2) is 69.4 Å². The van der Waals surface area contributed by atoms with Crippen LogP contribution in [0.15, 0.2) is 48.6 Å². The number of amides is 1. The number of ether oxygens (including phenoxy) is 1. The molecule has 0 aromatic heterocycles. The van der Waals surface area contributed by atoms with E-state index in [-0.39, 0.29) is 24.9 Å². The van der Waals surface area contributed by atoms with E-state index in [9.17, 15) is 19.0 Å². The van der Waals surface area contributed by atoms with Crippen molar-refractivity contribution in [1.82, 2.24) is 5.32 Å². The van der Waals surface area contributed by atoms with Crippen LogP contribution < -0.4 is 10.2 Å². The topological polar surface area (TPSA) is 114 Å². The lowest BCUT2D eigenvalue weighted by Gasteiger charge is -2.30. The second kappa shape index (κ2) is 54.3. The largest absolute Gasteiger partial charge is 0.756 e. The van der Waals surface area contributed by atoms with Gasteiger partial charge in [-0.2, -0.15) is 0 Å². The van der Waals surface area contributed by atoms with Gasteiger partial charge in [-0.05, 0) is 89.5 Å². The van der Waals surface area contributed by atoms with Gasteiger partial charge in [0.25, 0.3) is 7.82 Å². The Hall–Kier alpha value is -2.03. The first-order valence-electron chi connectivity index (χ1n) is 31.4. The first-order chi connectivity index (χ1) is 35.9. The minimum absolute atomic E-state index is 0.0237. The quantitative estimate of drug-likeness (QED) is 0.0212. The van der Waals surface area contributed by atoms with Crippen molar-refractivity contribution in [3.05, 3.63) is 48.6 Å². The van der Waals surface area contributed by atoms with Gasteiger partial charge in [-0.25, -0.2) is 0 Å². The Morgan fingerprint density at radius 2 is 0.824 bits per heavy atom. The zero-order valence-corrected chi connectivity index (χ0v) is 50.4. The molecule has 0 rings (SSSR count). The molecular weight excluding hydrogens is 940 g/mol. The fourth-order valence-corrected chi connectivity index (χ4v) is 9.80. The van der Waals surface area contributed by atoms with Crippen molar-refractivity contribution in [1.29, 1.82) is 0 Å². The van der Waals surface area contributed by atoms with Gasteiger partial charge in [0.2, 0.25) is 5.91 Å². The molecule has 3 atom stereocenters. The summed E-state index contributed by atoms with van der Waals surface area (Å²) in [6.45, 7) is 6.82. The summed E-state index contributed by atoms with van der Waals surface area (Å²) < 4.78 is 30.3. The Morgan fingerprint density at radius 3 is 1.26 bits per heavy atom.